The van der Waals surface area contributed by atoms with E-state index in [-0.39, 0.29) is 5.56 Å². The zero-order chi connectivity index (χ0) is 21.1. The highest BCUT2D eigenvalue weighted by Crippen LogP contribution is 2.29. The van der Waals surface area contributed by atoms with E-state index in [9.17, 15) is 24.8 Å². The summed E-state index contributed by atoms with van der Waals surface area (Å²) in [6.07, 6.45) is 0. The number of carboxylic acids is 1. The first-order valence-corrected chi connectivity index (χ1v) is 8.51. The molecule has 2 N–H and O–H groups in total. The molecule has 0 aliphatic rings. The van der Waals surface area contributed by atoms with Crippen LogP contribution >= 0.6 is 0 Å². The second-order valence-corrected chi connectivity index (χ2v) is 7.33. The van der Waals surface area contributed by atoms with Crippen molar-refractivity contribution < 1.29 is 24.4 Å². The fraction of sp³-hybridized carbons (Fsp3) is 0.300. The summed E-state index contributed by atoms with van der Waals surface area (Å²) in [5.41, 5.74) is -0.0913. The number of nitrogens with one attached hydrogen (secondary N) is 1. The predicted octanol–water partition coefficient (Wildman–Crippen LogP) is 3.50. The van der Waals surface area contributed by atoms with Crippen LogP contribution in [0.3, 0.4) is 0 Å². The number of hydrogen-bond acceptors (Lipinski definition) is 5. The van der Waals surface area contributed by atoms with Gasteiger partial charge in [-0.3, -0.25) is 14.9 Å². The van der Waals surface area contributed by atoms with E-state index < -0.39 is 33.9 Å². The van der Waals surface area contributed by atoms with Gasteiger partial charge in [0.25, 0.3) is 11.6 Å². The van der Waals surface area contributed by atoms with Gasteiger partial charge in [-0.25, -0.2) is 4.79 Å². The summed E-state index contributed by atoms with van der Waals surface area (Å²) < 4.78 is 5.09. The van der Waals surface area contributed by atoms with E-state index in [1.54, 1.807) is 51.1 Å². The van der Waals surface area contributed by atoms with E-state index in [1.165, 1.54) is 19.2 Å². The number of benzene rings is 2. The van der Waals surface area contributed by atoms with Crippen LogP contribution in [0.2, 0.25) is 0 Å². The lowest BCUT2D eigenvalue weighted by molar-refractivity contribution is -0.385. The number of carbonyl (C=O) groups is 2. The molecule has 0 heterocycles. The predicted molar refractivity (Wildman–Crippen MR) is 103 cm³/mol. The molecule has 0 saturated carbocycles. The third-order valence-electron chi connectivity index (χ3n) is 4.25. The van der Waals surface area contributed by atoms with Gasteiger partial charge in [0, 0.05) is 6.07 Å². The van der Waals surface area contributed by atoms with E-state index in [0.29, 0.717) is 16.9 Å². The Labute approximate surface area is 162 Å². The molecule has 1 atom stereocenters. The van der Waals surface area contributed by atoms with Crippen LogP contribution in [0.15, 0.2) is 42.5 Å². The molecule has 0 radical (unpaired) electrons. The van der Waals surface area contributed by atoms with E-state index in [1.807, 2.05) is 0 Å². The Kier molecular flexibility index (Phi) is 6.03. The molecule has 0 aliphatic heterocycles. The number of carboxylic acid groups (broad SMARTS) is 1. The quantitative estimate of drug-likeness (QED) is 0.579. The van der Waals surface area contributed by atoms with Gasteiger partial charge < -0.3 is 15.2 Å². The monoisotopic (exact) mass is 386 g/mol. The first-order valence-electron chi connectivity index (χ1n) is 8.51. The molecule has 0 unspecified atom stereocenters. The Hall–Kier alpha value is -3.42. The van der Waals surface area contributed by atoms with E-state index in [4.69, 9.17) is 4.74 Å². The first-order chi connectivity index (χ1) is 13.0. The van der Waals surface area contributed by atoms with E-state index in [0.717, 1.165) is 0 Å². The molecule has 148 valence electrons. The first kappa shape index (κ1) is 20.9. The van der Waals surface area contributed by atoms with Crippen molar-refractivity contribution in [2.75, 3.05) is 7.11 Å². The van der Waals surface area contributed by atoms with Crippen LogP contribution < -0.4 is 10.1 Å². The molecule has 0 aromatic heterocycles. The maximum Gasteiger partial charge on any atom is 0.326 e. The average molecular weight is 386 g/mol. The molecule has 2 rings (SSSR count). The lowest BCUT2D eigenvalue weighted by atomic mass is 9.86. The van der Waals surface area contributed by atoms with Gasteiger partial charge in [0.15, 0.2) is 0 Å². The topological polar surface area (TPSA) is 119 Å². The third-order valence-corrected chi connectivity index (χ3v) is 4.25. The molecule has 0 bridgehead atoms. The normalized spacial score (nSPS) is 12.1. The molecular weight excluding hydrogens is 364 g/mol. The molecule has 0 aliphatic carbocycles. The summed E-state index contributed by atoms with van der Waals surface area (Å²) >= 11 is 0. The van der Waals surface area contributed by atoms with Crippen molar-refractivity contribution in [2.45, 2.75) is 26.8 Å². The van der Waals surface area contributed by atoms with Crippen molar-refractivity contribution in [2.24, 2.45) is 5.41 Å². The van der Waals surface area contributed by atoms with Gasteiger partial charge in [0.2, 0.25) is 0 Å². The van der Waals surface area contributed by atoms with Gasteiger partial charge >= 0.3 is 5.97 Å². The summed E-state index contributed by atoms with van der Waals surface area (Å²) in [5, 5.41) is 23.3. The third kappa shape index (κ3) is 4.64. The summed E-state index contributed by atoms with van der Waals surface area (Å²) in [5.74, 6) is -1.37. The van der Waals surface area contributed by atoms with Crippen LogP contribution in [0.5, 0.6) is 5.75 Å². The van der Waals surface area contributed by atoms with Gasteiger partial charge in [-0.05, 0) is 34.7 Å². The highest BCUT2D eigenvalue weighted by atomic mass is 16.6. The molecule has 2 aromatic rings. The number of ether oxygens (including phenoxy) is 1. The number of aliphatic carboxylic acids is 1. The molecule has 0 fully saturated rings. The summed E-state index contributed by atoms with van der Waals surface area (Å²) in [4.78, 5) is 34.9. The fourth-order valence-corrected chi connectivity index (χ4v) is 2.70. The van der Waals surface area contributed by atoms with E-state index >= 15 is 0 Å². The minimum Gasteiger partial charge on any atom is -0.497 e. The van der Waals surface area contributed by atoms with Crippen LogP contribution in [0, 0.1) is 15.5 Å². The molecule has 1 amide bonds. The van der Waals surface area contributed by atoms with Crippen LogP contribution in [-0.4, -0.2) is 35.1 Å². The van der Waals surface area contributed by atoms with Gasteiger partial charge in [0.1, 0.15) is 17.4 Å². The number of nitro benzene ring substituents is 1. The lowest BCUT2D eigenvalue weighted by Crippen LogP contribution is -2.49. The van der Waals surface area contributed by atoms with Crippen molar-refractivity contribution in [3.63, 3.8) is 0 Å². The Morgan fingerprint density at radius 2 is 1.68 bits per heavy atom. The minimum atomic E-state index is -1.21. The second kappa shape index (κ2) is 8.08. The number of nitrogens with zero attached hydrogens (tertiary/aromatic N) is 1. The SMILES string of the molecule is COc1ccc(-c2ccc(C(=O)N[C@H](C(=O)O)C(C)(C)C)c([N+](=O)[O-])c2)cc1. The van der Waals surface area contributed by atoms with Crippen molar-refractivity contribution in [3.05, 3.63) is 58.1 Å². The second-order valence-electron chi connectivity index (χ2n) is 7.33. The summed E-state index contributed by atoms with van der Waals surface area (Å²) in [6, 6.07) is 9.95. The number of rotatable bonds is 6. The minimum absolute atomic E-state index is 0.197. The molecule has 2 aromatic carbocycles. The molecule has 8 heteroatoms. The van der Waals surface area contributed by atoms with Crippen molar-refractivity contribution >= 4 is 17.6 Å². The average Bonchev–Trinajstić information content (AvgIpc) is 2.64. The number of carbonyl (C=O) groups excluding carboxylic acids is 1. The summed E-state index contributed by atoms with van der Waals surface area (Å²) in [6.45, 7) is 4.98. The number of hydrogen-bond donors (Lipinski definition) is 2. The molecule has 0 saturated heterocycles. The Balaban J connectivity index is 2.40. The van der Waals surface area contributed by atoms with Crippen molar-refractivity contribution in [1.29, 1.82) is 0 Å². The highest BCUT2D eigenvalue weighted by molar-refractivity contribution is 6.00. The molecule has 8 nitrogen and oxygen atoms in total. The van der Waals surface area contributed by atoms with Crippen molar-refractivity contribution in [3.8, 4) is 16.9 Å². The fourth-order valence-electron chi connectivity index (χ4n) is 2.70. The van der Waals surface area contributed by atoms with Crippen LogP contribution in [0.25, 0.3) is 11.1 Å². The van der Waals surface area contributed by atoms with Crippen LogP contribution in [0.4, 0.5) is 5.69 Å². The van der Waals surface area contributed by atoms with E-state index in [2.05, 4.69) is 5.32 Å². The number of methoxy groups -OCH3 is 1. The zero-order valence-electron chi connectivity index (χ0n) is 16.1. The summed E-state index contributed by atoms with van der Waals surface area (Å²) in [7, 11) is 1.54. The number of nitro groups is 1. The van der Waals surface area contributed by atoms with Gasteiger partial charge in [-0.15, -0.1) is 0 Å². The van der Waals surface area contributed by atoms with Crippen molar-refractivity contribution in [1.82, 2.24) is 5.32 Å². The van der Waals surface area contributed by atoms with Gasteiger partial charge in [-0.2, -0.15) is 0 Å². The van der Waals surface area contributed by atoms with Gasteiger partial charge in [0.05, 0.1) is 12.0 Å². The maximum absolute atomic E-state index is 12.6. The Bertz CT molecular complexity index is 900. The Morgan fingerprint density at radius 1 is 1.11 bits per heavy atom. The zero-order valence-corrected chi connectivity index (χ0v) is 16.1. The molecule has 28 heavy (non-hydrogen) atoms. The smallest absolute Gasteiger partial charge is 0.326 e. The standard InChI is InChI=1S/C20H22N2O6/c1-20(2,3)17(19(24)25)21-18(23)15-10-7-13(11-16(15)22(26)27)12-5-8-14(28-4)9-6-12/h5-11,17H,1-4H3,(H,21,23)(H,24,25)/t17-/m1/s1. The number of amides is 1. The maximum atomic E-state index is 12.6. The van der Waals surface area contributed by atoms with Crippen LogP contribution in [0.1, 0.15) is 31.1 Å². The van der Waals surface area contributed by atoms with Crippen LogP contribution in [-0.2, 0) is 4.79 Å². The molecular formula is C20H22N2O6. The highest BCUT2D eigenvalue weighted by Gasteiger charge is 2.34. The Morgan fingerprint density at radius 3 is 2.14 bits per heavy atom. The molecule has 0 spiro atoms. The lowest BCUT2D eigenvalue weighted by Gasteiger charge is -2.27. The van der Waals surface area contributed by atoms with Gasteiger partial charge in [-0.1, -0.05) is 39.0 Å². The largest absolute Gasteiger partial charge is 0.497 e.